The molecule has 4 atom stereocenters. The third kappa shape index (κ3) is 5.57. The summed E-state index contributed by atoms with van der Waals surface area (Å²) < 4.78 is 24.6. The van der Waals surface area contributed by atoms with Crippen molar-refractivity contribution in [3.8, 4) is 0 Å². The molecule has 0 spiro atoms. The Morgan fingerprint density at radius 1 is 0.694 bits per heavy atom. The van der Waals surface area contributed by atoms with Crippen molar-refractivity contribution in [2.75, 3.05) is 0 Å². The van der Waals surface area contributed by atoms with Gasteiger partial charge in [0.2, 0.25) is 0 Å². The van der Waals surface area contributed by atoms with E-state index >= 15 is 9.59 Å². The molecule has 270 valence electrons. The van der Waals surface area contributed by atoms with Gasteiger partial charge in [-0.3, -0.25) is 24.0 Å². The molecule has 49 heavy (non-hydrogen) atoms. The second kappa shape index (κ2) is 11.3. The van der Waals surface area contributed by atoms with Gasteiger partial charge in [0.1, 0.15) is 16.8 Å². The molecule has 8 bridgehead atoms. The molecule has 1 saturated heterocycles. The highest BCUT2D eigenvalue weighted by molar-refractivity contribution is 6.02. The van der Waals surface area contributed by atoms with E-state index in [1.807, 2.05) is 6.92 Å². The summed E-state index contributed by atoms with van der Waals surface area (Å²) in [7, 11) is 0. The molecule has 0 amide bonds. The summed E-state index contributed by atoms with van der Waals surface area (Å²) in [6.45, 7) is 8.98. The zero-order chi connectivity index (χ0) is 34.7. The smallest absolute Gasteiger partial charge is 0.324 e. The van der Waals surface area contributed by atoms with E-state index in [0.29, 0.717) is 41.9 Å². The fraction of sp³-hybridized carbons (Fsp3) is 0.875. The molecule has 10 fully saturated rings. The third-order valence-corrected chi connectivity index (χ3v) is 14.7. The molecule has 9 saturated carbocycles. The van der Waals surface area contributed by atoms with Crippen molar-refractivity contribution < 1.29 is 42.9 Å². The van der Waals surface area contributed by atoms with E-state index in [9.17, 15) is 14.4 Å². The van der Waals surface area contributed by atoms with Crippen LogP contribution in [-0.2, 0) is 42.9 Å². The zero-order valence-corrected chi connectivity index (χ0v) is 30.2. The minimum Gasteiger partial charge on any atom is -0.460 e. The van der Waals surface area contributed by atoms with Gasteiger partial charge in [0.25, 0.3) is 0 Å². The lowest BCUT2D eigenvalue weighted by atomic mass is 9.54. The van der Waals surface area contributed by atoms with Gasteiger partial charge in [-0.2, -0.15) is 0 Å². The van der Waals surface area contributed by atoms with E-state index in [1.165, 1.54) is 38.5 Å². The first-order valence-corrected chi connectivity index (χ1v) is 19.5. The summed E-state index contributed by atoms with van der Waals surface area (Å²) in [6, 6.07) is 0. The van der Waals surface area contributed by atoms with Crippen LogP contribution >= 0.6 is 0 Å². The van der Waals surface area contributed by atoms with Crippen molar-refractivity contribution in [3.63, 3.8) is 0 Å². The van der Waals surface area contributed by atoms with E-state index in [1.54, 1.807) is 27.7 Å². The Bertz CT molecular complexity index is 1310. The van der Waals surface area contributed by atoms with Crippen molar-refractivity contribution in [1.82, 2.24) is 0 Å². The molecule has 9 aliphatic carbocycles. The molecule has 9 heteroatoms. The number of hydrogen-bond acceptors (Lipinski definition) is 9. The maximum absolute atomic E-state index is 15.1. The summed E-state index contributed by atoms with van der Waals surface area (Å²) in [5, 5.41) is 0. The van der Waals surface area contributed by atoms with Crippen molar-refractivity contribution in [2.24, 2.45) is 64.1 Å². The van der Waals surface area contributed by atoms with E-state index in [2.05, 4.69) is 0 Å². The van der Waals surface area contributed by atoms with E-state index in [-0.39, 0.29) is 19.3 Å². The van der Waals surface area contributed by atoms with Gasteiger partial charge in [-0.15, -0.1) is 0 Å². The molecule has 10 aliphatic rings. The number of rotatable bonds is 8. The van der Waals surface area contributed by atoms with E-state index < -0.39 is 75.2 Å². The molecule has 1 aliphatic heterocycles. The topological polar surface area (TPSA) is 122 Å². The highest BCUT2D eigenvalue weighted by Crippen LogP contribution is 2.64. The highest BCUT2D eigenvalue weighted by atomic mass is 16.6. The molecule has 4 unspecified atom stereocenters. The van der Waals surface area contributed by atoms with Crippen molar-refractivity contribution in [2.45, 2.75) is 154 Å². The first kappa shape index (κ1) is 33.7. The Hall–Kier alpha value is -2.45. The quantitative estimate of drug-likeness (QED) is 0.154. The number of ether oxygens (including phenoxy) is 4. The summed E-state index contributed by atoms with van der Waals surface area (Å²) >= 11 is 0. The van der Waals surface area contributed by atoms with E-state index in [0.717, 1.165) is 38.5 Å². The minimum absolute atomic E-state index is 0.0385. The summed E-state index contributed by atoms with van der Waals surface area (Å²) in [5.74, 6) is -1.86. The Labute approximate surface area is 290 Å². The van der Waals surface area contributed by atoms with Crippen LogP contribution in [0.1, 0.15) is 137 Å². The Kier molecular flexibility index (Phi) is 7.75. The van der Waals surface area contributed by atoms with Crippen molar-refractivity contribution >= 4 is 29.8 Å². The SMILES string of the molecule is CCC1CC(C(=O)OC23CC4CC(CC(C4)C2)C3)(C(=O)OC23CC4CC(CC(C4)C2)C3)CC1(CC1C(=O)OC(=O)C1C)C(=O)OC(C)(C)C. The zero-order valence-electron chi connectivity index (χ0n) is 30.2. The standard InChI is InChI=1S/C40H56O9/c1-6-29-19-40(34(44)48-37-13-23-7-24(14-37)9-25(8-23)15-37,35(45)49-38-16-26-10-27(17-38)12-28(11-26)18-38)21-39(29,33(43)47-36(3,4)5)20-30-22(2)31(41)46-32(30)42/h22-30H,6-21H2,1-5H3. The van der Waals surface area contributed by atoms with Crippen LogP contribution in [0.2, 0.25) is 0 Å². The Balaban J connectivity index is 1.18. The van der Waals surface area contributed by atoms with E-state index in [4.69, 9.17) is 18.9 Å². The molecule has 0 N–H and O–H groups in total. The predicted molar refractivity (Wildman–Crippen MR) is 176 cm³/mol. The number of cyclic esters (lactones) is 2. The van der Waals surface area contributed by atoms with Crippen LogP contribution in [0.5, 0.6) is 0 Å². The van der Waals surface area contributed by atoms with Gasteiger partial charge in [0.15, 0.2) is 5.41 Å². The molecule has 0 aromatic heterocycles. The number of esters is 5. The Morgan fingerprint density at radius 2 is 1.12 bits per heavy atom. The first-order chi connectivity index (χ1) is 23.0. The molecule has 0 radical (unpaired) electrons. The van der Waals surface area contributed by atoms with Crippen LogP contribution in [0.4, 0.5) is 0 Å². The number of carbonyl (C=O) groups excluding carboxylic acids is 5. The van der Waals surface area contributed by atoms with Crippen molar-refractivity contribution in [1.29, 1.82) is 0 Å². The van der Waals surface area contributed by atoms with Crippen molar-refractivity contribution in [3.05, 3.63) is 0 Å². The Morgan fingerprint density at radius 3 is 1.47 bits per heavy atom. The van der Waals surface area contributed by atoms with Crippen LogP contribution < -0.4 is 0 Å². The molecular weight excluding hydrogens is 624 g/mol. The average Bonchev–Trinajstić information content (AvgIpc) is 3.45. The second-order valence-electron chi connectivity index (χ2n) is 19.5. The molecule has 9 nitrogen and oxygen atoms in total. The second-order valence-corrected chi connectivity index (χ2v) is 19.5. The largest absolute Gasteiger partial charge is 0.460 e. The third-order valence-electron chi connectivity index (χ3n) is 14.7. The van der Waals surface area contributed by atoms with Gasteiger partial charge in [-0.1, -0.05) is 20.3 Å². The van der Waals surface area contributed by atoms with Crippen LogP contribution in [0.25, 0.3) is 0 Å². The normalized spacial score (nSPS) is 47.7. The van der Waals surface area contributed by atoms with Crippen LogP contribution in [0.3, 0.4) is 0 Å². The molecule has 1 heterocycles. The predicted octanol–water partition coefficient (Wildman–Crippen LogP) is 6.87. The lowest BCUT2D eigenvalue weighted by Crippen LogP contribution is -2.57. The molecular formula is C40H56O9. The van der Waals surface area contributed by atoms with Gasteiger partial charge in [-0.05, 0) is 159 Å². The minimum atomic E-state index is -1.72. The lowest BCUT2D eigenvalue weighted by Gasteiger charge is -2.57. The fourth-order valence-electron chi connectivity index (χ4n) is 13.4. The van der Waals surface area contributed by atoms with Crippen LogP contribution in [-0.4, -0.2) is 46.6 Å². The van der Waals surface area contributed by atoms with Crippen LogP contribution in [0.15, 0.2) is 0 Å². The van der Waals surface area contributed by atoms with Gasteiger partial charge in [0, 0.05) is 0 Å². The fourth-order valence-corrected chi connectivity index (χ4v) is 13.4. The number of hydrogen-bond donors (Lipinski definition) is 0. The average molecular weight is 681 g/mol. The molecule has 0 aromatic carbocycles. The van der Waals surface area contributed by atoms with Gasteiger partial charge in [-0.25, -0.2) is 0 Å². The summed E-state index contributed by atoms with van der Waals surface area (Å²) in [4.78, 5) is 70.6. The lowest BCUT2D eigenvalue weighted by molar-refractivity contribution is -0.213. The maximum Gasteiger partial charge on any atom is 0.324 e. The van der Waals surface area contributed by atoms with Crippen LogP contribution in [0, 0.1) is 64.1 Å². The number of carbonyl (C=O) groups is 5. The van der Waals surface area contributed by atoms with Gasteiger partial charge < -0.3 is 18.9 Å². The van der Waals surface area contributed by atoms with Gasteiger partial charge >= 0.3 is 29.8 Å². The summed E-state index contributed by atoms with van der Waals surface area (Å²) in [5.41, 5.74) is -5.15. The monoisotopic (exact) mass is 680 g/mol. The maximum atomic E-state index is 15.1. The molecule has 10 rings (SSSR count). The highest BCUT2D eigenvalue weighted by Gasteiger charge is 2.70. The van der Waals surface area contributed by atoms with Gasteiger partial charge in [0.05, 0.1) is 17.3 Å². The first-order valence-electron chi connectivity index (χ1n) is 19.5. The summed E-state index contributed by atoms with van der Waals surface area (Å²) in [6.07, 6.45) is 12.4. The molecule has 0 aromatic rings.